The summed E-state index contributed by atoms with van der Waals surface area (Å²) in [6.45, 7) is 0. The highest BCUT2D eigenvalue weighted by Crippen LogP contribution is 2.44. The molecule has 6 heteroatoms. The van der Waals surface area contributed by atoms with Crippen LogP contribution in [-0.4, -0.2) is 26.8 Å². The maximum Gasteiger partial charge on any atom is 0.264 e. The molecule has 3 aromatic carbocycles. The van der Waals surface area contributed by atoms with Crippen molar-refractivity contribution < 1.29 is 0 Å². The van der Waals surface area contributed by atoms with Crippen LogP contribution in [0.3, 0.4) is 0 Å². The first kappa shape index (κ1) is 18.5. The van der Waals surface area contributed by atoms with Gasteiger partial charge in [-0.15, -0.1) is 5.10 Å². The van der Waals surface area contributed by atoms with E-state index in [1.54, 1.807) is 12.5 Å². The third kappa shape index (κ3) is 2.96. The molecule has 0 aliphatic carbocycles. The summed E-state index contributed by atoms with van der Waals surface area (Å²) in [6.07, 6.45) is 5.34. The fraction of sp³-hybridized carbons (Fsp3) is 0.0417. The van der Waals surface area contributed by atoms with Gasteiger partial charge in [0.25, 0.3) is 5.82 Å². The maximum atomic E-state index is 6.38. The van der Waals surface area contributed by atoms with Gasteiger partial charge in [0.05, 0.1) is 12.4 Å². The Morgan fingerprint density at radius 2 is 1.53 bits per heavy atom. The van der Waals surface area contributed by atoms with Crippen LogP contribution < -0.4 is 4.48 Å². The van der Waals surface area contributed by atoms with Crippen molar-refractivity contribution in [2.45, 2.75) is 0 Å². The highest BCUT2D eigenvalue weighted by atomic mass is 35.5. The van der Waals surface area contributed by atoms with E-state index in [-0.39, 0.29) is 0 Å². The molecule has 0 saturated carbocycles. The number of fused-ring (bicyclic) bond motifs is 1. The molecular formula is C24H19ClN5+. The zero-order valence-electron chi connectivity index (χ0n) is 16.4. The monoisotopic (exact) mass is 412 g/mol. The van der Waals surface area contributed by atoms with Gasteiger partial charge in [-0.05, 0) is 12.1 Å². The van der Waals surface area contributed by atoms with Crippen molar-refractivity contribution in [1.29, 1.82) is 0 Å². The summed E-state index contributed by atoms with van der Waals surface area (Å²) in [5.74, 6) is 1.57. The van der Waals surface area contributed by atoms with Gasteiger partial charge in [-0.3, -0.25) is 4.57 Å². The molecular weight excluding hydrogens is 394 g/mol. The van der Waals surface area contributed by atoms with E-state index in [9.17, 15) is 0 Å². The molecule has 5 nitrogen and oxygen atoms in total. The van der Waals surface area contributed by atoms with E-state index >= 15 is 0 Å². The van der Waals surface area contributed by atoms with E-state index in [0.29, 0.717) is 9.51 Å². The first-order chi connectivity index (χ1) is 14.7. The Labute approximate surface area is 179 Å². The van der Waals surface area contributed by atoms with Crippen LogP contribution in [0.4, 0.5) is 17.2 Å². The number of imidazole rings is 1. The lowest BCUT2D eigenvalue weighted by atomic mass is 10.1. The molecule has 0 aliphatic heterocycles. The summed E-state index contributed by atoms with van der Waals surface area (Å²) in [7, 11) is 2.12. The predicted molar refractivity (Wildman–Crippen MR) is 122 cm³/mol. The molecule has 2 aromatic heterocycles. The largest absolute Gasteiger partial charge is 0.288 e. The summed E-state index contributed by atoms with van der Waals surface area (Å²) in [4.78, 5) is 4.16. The molecule has 5 aromatic rings. The van der Waals surface area contributed by atoms with Crippen LogP contribution in [-0.2, 0) is 0 Å². The molecule has 0 radical (unpaired) electrons. The summed E-state index contributed by atoms with van der Waals surface area (Å²) >= 11 is 6.38. The second kappa shape index (κ2) is 7.37. The van der Waals surface area contributed by atoms with E-state index in [2.05, 4.69) is 47.5 Å². The van der Waals surface area contributed by atoms with Gasteiger partial charge in [0, 0.05) is 47.1 Å². The maximum absolute atomic E-state index is 6.38. The summed E-state index contributed by atoms with van der Waals surface area (Å²) < 4.78 is 2.21. The fourth-order valence-electron chi connectivity index (χ4n) is 3.86. The van der Waals surface area contributed by atoms with Gasteiger partial charge >= 0.3 is 0 Å². The van der Waals surface area contributed by atoms with Gasteiger partial charge in [-0.25, -0.2) is 9.47 Å². The van der Waals surface area contributed by atoms with Crippen molar-refractivity contribution in [2.75, 3.05) is 7.05 Å². The third-order valence-corrected chi connectivity index (χ3v) is 5.65. The normalized spacial score (nSPS) is 13.3. The van der Waals surface area contributed by atoms with Crippen LogP contribution in [0.5, 0.6) is 0 Å². The van der Waals surface area contributed by atoms with Gasteiger partial charge in [-0.1, -0.05) is 59.2 Å². The molecule has 0 amide bonds. The standard InChI is InChI=1S/C24H19ClN5/c1-30(19-9-3-2-4-10-19,20-11-7-8-18(25)16-20)24-22-13-6-5-12-21(22)23(27-28-24)29-15-14-26-17-29/h2-17H,1H3/q+1. The van der Waals surface area contributed by atoms with Crippen LogP contribution in [0.25, 0.3) is 16.6 Å². The Hall–Kier alpha value is -3.54. The molecule has 1 unspecified atom stereocenters. The van der Waals surface area contributed by atoms with Gasteiger partial charge in [0.2, 0.25) is 0 Å². The number of halogens is 1. The van der Waals surface area contributed by atoms with E-state index in [4.69, 9.17) is 16.7 Å². The quantitative estimate of drug-likeness (QED) is 0.336. The highest BCUT2D eigenvalue weighted by Gasteiger charge is 2.36. The average Bonchev–Trinajstić information content (AvgIpc) is 3.33. The van der Waals surface area contributed by atoms with Crippen molar-refractivity contribution in [2.24, 2.45) is 0 Å². The zero-order valence-corrected chi connectivity index (χ0v) is 17.1. The molecule has 5 rings (SSSR count). The van der Waals surface area contributed by atoms with Crippen molar-refractivity contribution >= 4 is 39.6 Å². The number of quaternary nitrogens is 1. The Morgan fingerprint density at radius 3 is 2.27 bits per heavy atom. The van der Waals surface area contributed by atoms with Crippen LogP contribution in [0.15, 0.2) is 97.6 Å². The van der Waals surface area contributed by atoms with Crippen molar-refractivity contribution in [3.05, 3.63) is 103 Å². The number of benzene rings is 3. The van der Waals surface area contributed by atoms with Crippen LogP contribution in [0, 0.1) is 0 Å². The number of rotatable bonds is 4. The second-order valence-corrected chi connectivity index (χ2v) is 7.62. The van der Waals surface area contributed by atoms with Crippen molar-refractivity contribution in [1.82, 2.24) is 24.2 Å². The number of hydrogen-bond donors (Lipinski definition) is 0. The SMILES string of the molecule is C[N+](c1ccccc1)(c1cccc(Cl)c1)c1nnc(-n2ccnc2)c2ccccc12. The Balaban J connectivity index is 1.84. The molecule has 0 N–H and O–H groups in total. The minimum Gasteiger partial charge on any atom is -0.288 e. The minimum absolute atomic E-state index is 0.332. The number of hydrogen-bond acceptors (Lipinski definition) is 3. The minimum atomic E-state index is 0.332. The third-order valence-electron chi connectivity index (χ3n) is 5.42. The zero-order chi connectivity index (χ0) is 20.6. The van der Waals surface area contributed by atoms with E-state index in [1.165, 1.54) is 0 Å². The Kier molecular flexibility index (Phi) is 4.54. The van der Waals surface area contributed by atoms with Gasteiger partial charge in [0.15, 0.2) is 5.82 Å². The molecule has 0 bridgehead atoms. The first-order valence-electron chi connectivity index (χ1n) is 9.60. The van der Waals surface area contributed by atoms with Gasteiger partial charge in [0.1, 0.15) is 17.7 Å². The Bertz CT molecular complexity index is 1320. The van der Waals surface area contributed by atoms with E-state index in [0.717, 1.165) is 33.8 Å². The lowest BCUT2D eigenvalue weighted by molar-refractivity contribution is 0.604. The van der Waals surface area contributed by atoms with Gasteiger partial charge < -0.3 is 0 Å². The summed E-state index contributed by atoms with van der Waals surface area (Å²) in [5.41, 5.74) is 2.07. The molecule has 30 heavy (non-hydrogen) atoms. The molecule has 2 heterocycles. The highest BCUT2D eigenvalue weighted by molar-refractivity contribution is 6.30. The second-order valence-electron chi connectivity index (χ2n) is 7.18. The van der Waals surface area contributed by atoms with Crippen molar-refractivity contribution in [3.63, 3.8) is 0 Å². The Morgan fingerprint density at radius 1 is 0.800 bits per heavy atom. The lowest BCUT2D eigenvalue weighted by Gasteiger charge is -2.32. The lowest BCUT2D eigenvalue weighted by Crippen LogP contribution is -2.35. The van der Waals surface area contributed by atoms with Crippen molar-refractivity contribution in [3.8, 4) is 5.82 Å². The summed E-state index contributed by atoms with van der Waals surface area (Å²) in [5, 5.41) is 12.1. The van der Waals surface area contributed by atoms with Crippen LogP contribution in [0.1, 0.15) is 0 Å². The number of aromatic nitrogens is 4. The number of para-hydroxylation sites is 1. The first-order valence-corrected chi connectivity index (χ1v) is 9.98. The van der Waals surface area contributed by atoms with E-state index in [1.807, 2.05) is 59.3 Å². The smallest absolute Gasteiger partial charge is 0.264 e. The van der Waals surface area contributed by atoms with E-state index < -0.39 is 0 Å². The molecule has 0 spiro atoms. The number of nitrogens with zero attached hydrogens (tertiary/aromatic N) is 5. The molecule has 146 valence electrons. The fourth-order valence-corrected chi connectivity index (χ4v) is 4.04. The predicted octanol–water partition coefficient (Wildman–Crippen LogP) is 6.07. The van der Waals surface area contributed by atoms with Gasteiger partial charge in [-0.2, -0.15) is 0 Å². The summed E-state index contributed by atoms with van der Waals surface area (Å²) in [6, 6.07) is 26.4. The topological polar surface area (TPSA) is 43.6 Å². The van der Waals surface area contributed by atoms with Crippen LogP contribution in [0.2, 0.25) is 5.02 Å². The average molecular weight is 413 g/mol. The molecule has 0 aliphatic rings. The molecule has 0 fully saturated rings. The molecule has 0 saturated heterocycles. The molecule has 1 atom stereocenters. The van der Waals surface area contributed by atoms with Crippen LogP contribution >= 0.6 is 11.6 Å².